The summed E-state index contributed by atoms with van der Waals surface area (Å²) in [6.07, 6.45) is 4.76. The molecule has 0 heterocycles. The van der Waals surface area contributed by atoms with Crippen LogP contribution in [0.5, 0.6) is 0 Å². The van der Waals surface area contributed by atoms with Gasteiger partial charge in [-0.05, 0) is 43.4 Å². The molecule has 1 N–H and O–H groups in total. The monoisotopic (exact) mass is 226 g/mol. The second-order valence-corrected chi connectivity index (χ2v) is 4.40. The minimum absolute atomic E-state index is 0.130. The third-order valence-electron chi connectivity index (χ3n) is 2.51. The molecule has 0 fully saturated rings. The lowest BCUT2D eigenvalue weighted by molar-refractivity contribution is 0.151. The Morgan fingerprint density at radius 1 is 1.33 bits per heavy atom. The van der Waals surface area contributed by atoms with Crippen molar-refractivity contribution < 1.29 is 5.11 Å². The molecule has 0 spiro atoms. The smallest absolute Gasteiger partial charge is 0.0540 e. The van der Waals surface area contributed by atoms with E-state index < -0.39 is 0 Å². The Labute approximate surface area is 97.1 Å². The molecule has 0 bridgehead atoms. The van der Waals surface area contributed by atoms with Crippen molar-refractivity contribution in [2.75, 3.05) is 0 Å². The minimum Gasteiger partial charge on any atom is -0.393 e. The fourth-order valence-corrected chi connectivity index (χ4v) is 1.92. The highest BCUT2D eigenvalue weighted by Gasteiger charge is 2.02. The molecular weight excluding hydrogens is 208 g/mol. The van der Waals surface area contributed by atoms with Gasteiger partial charge in [0.25, 0.3) is 0 Å². The topological polar surface area (TPSA) is 20.2 Å². The second-order valence-electron chi connectivity index (χ2n) is 3.96. The van der Waals surface area contributed by atoms with Crippen molar-refractivity contribution in [3.05, 3.63) is 34.9 Å². The van der Waals surface area contributed by atoms with E-state index in [2.05, 4.69) is 13.0 Å². The first-order valence-electron chi connectivity index (χ1n) is 5.65. The van der Waals surface area contributed by atoms with E-state index >= 15 is 0 Å². The van der Waals surface area contributed by atoms with Crippen LogP contribution in [0.1, 0.15) is 38.2 Å². The van der Waals surface area contributed by atoms with Crippen molar-refractivity contribution in [3.8, 4) is 0 Å². The first-order chi connectivity index (χ1) is 7.22. The van der Waals surface area contributed by atoms with E-state index in [9.17, 15) is 5.11 Å². The van der Waals surface area contributed by atoms with E-state index in [1.807, 2.05) is 18.2 Å². The third-order valence-corrected chi connectivity index (χ3v) is 2.75. The first kappa shape index (κ1) is 12.5. The van der Waals surface area contributed by atoms with Crippen LogP contribution in [0, 0.1) is 0 Å². The molecule has 84 valence electrons. The van der Waals surface area contributed by atoms with Gasteiger partial charge in [0.1, 0.15) is 0 Å². The SMILES string of the molecule is CCCC(O)CCCc1cccc(Cl)c1. The Morgan fingerprint density at radius 3 is 2.80 bits per heavy atom. The number of aryl methyl sites for hydroxylation is 1. The molecule has 0 aliphatic rings. The van der Waals surface area contributed by atoms with Crippen molar-refractivity contribution in [2.45, 2.75) is 45.1 Å². The molecule has 2 heteroatoms. The average Bonchev–Trinajstić information content (AvgIpc) is 2.18. The van der Waals surface area contributed by atoms with Crippen LogP contribution in [0.3, 0.4) is 0 Å². The standard InChI is InChI=1S/C13H19ClO/c1-2-5-13(15)9-4-7-11-6-3-8-12(14)10-11/h3,6,8,10,13,15H,2,4-5,7,9H2,1H3. The Kier molecular flexibility index (Phi) is 5.74. The van der Waals surface area contributed by atoms with Crippen molar-refractivity contribution >= 4 is 11.6 Å². The fourth-order valence-electron chi connectivity index (χ4n) is 1.71. The maximum Gasteiger partial charge on any atom is 0.0540 e. The van der Waals surface area contributed by atoms with Gasteiger partial charge in [0, 0.05) is 5.02 Å². The molecule has 15 heavy (non-hydrogen) atoms. The maximum absolute atomic E-state index is 9.56. The lowest BCUT2D eigenvalue weighted by Gasteiger charge is -2.08. The number of rotatable bonds is 6. The van der Waals surface area contributed by atoms with Crippen LogP contribution in [-0.2, 0) is 6.42 Å². The second kappa shape index (κ2) is 6.86. The molecule has 1 nitrogen and oxygen atoms in total. The van der Waals surface area contributed by atoms with E-state index in [1.54, 1.807) is 0 Å². The average molecular weight is 227 g/mol. The molecule has 1 rings (SSSR count). The zero-order chi connectivity index (χ0) is 11.1. The summed E-state index contributed by atoms with van der Waals surface area (Å²) in [5, 5.41) is 10.3. The number of aliphatic hydroxyl groups is 1. The molecule has 0 aromatic heterocycles. The van der Waals surface area contributed by atoms with Gasteiger partial charge in [-0.15, -0.1) is 0 Å². The molecule has 1 atom stereocenters. The fraction of sp³-hybridized carbons (Fsp3) is 0.538. The van der Waals surface area contributed by atoms with Gasteiger partial charge in [0.15, 0.2) is 0 Å². The largest absolute Gasteiger partial charge is 0.393 e. The number of benzene rings is 1. The molecular formula is C13H19ClO. The number of aliphatic hydroxyl groups excluding tert-OH is 1. The van der Waals surface area contributed by atoms with Crippen molar-refractivity contribution in [2.24, 2.45) is 0 Å². The lowest BCUT2D eigenvalue weighted by atomic mass is 10.0. The molecule has 0 radical (unpaired) electrons. The van der Waals surface area contributed by atoms with Crippen molar-refractivity contribution in [1.29, 1.82) is 0 Å². The van der Waals surface area contributed by atoms with Crippen LogP contribution in [0.2, 0.25) is 5.02 Å². The highest BCUT2D eigenvalue weighted by atomic mass is 35.5. The summed E-state index contributed by atoms with van der Waals surface area (Å²) >= 11 is 5.89. The van der Waals surface area contributed by atoms with E-state index in [0.29, 0.717) is 0 Å². The summed E-state index contributed by atoms with van der Waals surface area (Å²) in [5.74, 6) is 0. The van der Waals surface area contributed by atoms with Gasteiger partial charge >= 0.3 is 0 Å². The molecule has 0 saturated carbocycles. The molecule has 0 saturated heterocycles. The highest BCUT2D eigenvalue weighted by Crippen LogP contribution is 2.14. The number of hydrogen-bond acceptors (Lipinski definition) is 1. The summed E-state index contributed by atoms with van der Waals surface area (Å²) in [6, 6.07) is 7.93. The number of halogens is 1. The van der Waals surface area contributed by atoms with Gasteiger partial charge < -0.3 is 5.11 Å². The van der Waals surface area contributed by atoms with Crippen LogP contribution >= 0.6 is 11.6 Å². The Balaban J connectivity index is 2.25. The summed E-state index contributed by atoms with van der Waals surface area (Å²) in [6.45, 7) is 2.10. The summed E-state index contributed by atoms with van der Waals surface area (Å²) in [5.41, 5.74) is 1.26. The molecule has 0 amide bonds. The molecule has 0 aliphatic carbocycles. The van der Waals surface area contributed by atoms with Crippen LogP contribution < -0.4 is 0 Å². The Morgan fingerprint density at radius 2 is 2.13 bits per heavy atom. The van der Waals surface area contributed by atoms with Crippen LogP contribution in [0.25, 0.3) is 0 Å². The predicted molar refractivity (Wildman–Crippen MR) is 65.3 cm³/mol. The van der Waals surface area contributed by atoms with E-state index in [0.717, 1.165) is 37.1 Å². The summed E-state index contributed by atoms with van der Waals surface area (Å²) < 4.78 is 0. The Bertz CT molecular complexity index is 286. The van der Waals surface area contributed by atoms with Crippen LogP contribution in [-0.4, -0.2) is 11.2 Å². The number of hydrogen-bond donors (Lipinski definition) is 1. The van der Waals surface area contributed by atoms with Crippen molar-refractivity contribution in [3.63, 3.8) is 0 Å². The zero-order valence-corrected chi connectivity index (χ0v) is 10.0. The molecule has 0 aliphatic heterocycles. The van der Waals surface area contributed by atoms with Gasteiger partial charge in [-0.2, -0.15) is 0 Å². The predicted octanol–water partition coefficient (Wildman–Crippen LogP) is 3.82. The highest BCUT2D eigenvalue weighted by molar-refractivity contribution is 6.30. The van der Waals surface area contributed by atoms with E-state index in [1.165, 1.54) is 5.56 Å². The van der Waals surface area contributed by atoms with Gasteiger partial charge in [-0.3, -0.25) is 0 Å². The molecule has 1 aromatic rings. The van der Waals surface area contributed by atoms with Gasteiger partial charge in [-0.25, -0.2) is 0 Å². The quantitative estimate of drug-likeness (QED) is 0.782. The van der Waals surface area contributed by atoms with Gasteiger partial charge in [0.2, 0.25) is 0 Å². The summed E-state index contributed by atoms with van der Waals surface area (Å²) in [4.78, 5) is 0. The van der Waals surface area contributed by atoms with E-state index in [4.69, 9.17) is 11.6 Å². The lowest BCUT2D eigenvalue weighted by Crippen LogP contribution is -2.05. The maximum atomic E-state index is 9.56. The van der Waals surface area contributed by atoms with Gasteiger partial charge in [0.05, 0.1) is 6.10 Å². The van der Waals surface area contributed by atoms with Gasteiger partial charge in [-0.1, -0.05) is 37.1 Å². The van der Waals surface area contributed by atoms with Crippen molar-refractivity contribution in [1.82, 2.24) is 0 Å². The van der Waals surface area contributed by atoms with Crippen LogP contribution in [0.15, 0.2) is 24.3 Å². The first-order valence-corrected chi connectivity index (χ1v) is 6.02. The Hall–Kier alpha value is -0.530. The summed E-state index contributed by atoms with van der Waals surface area (Å²) in [7, 11) is 0. The van der Waals surface area contributed by atoms with E-state index in [-0.39, 0.29) is 6.10 Å². The molecule has 1 unspecified atom stereocenters. The zero-order valence-electron chi connectivity index (χ0n) is 9.25. The third kappa shape index (κ3) is 5.19. The molecule has 1 aromatic carbocycles. The minimum atomic E-state index is -0.130. The van der Waals surface area contributed by atoms with Crippen LogP contribution in [0.4, 0.5) is 0 Å². The normalized spacial score (nSPS) is 12.7.